The van der Waals surface area contributed by atoms with Gasteiger partial charge in [-0.15, -0.1) is 0 Å². The molecule has 4 heteroatoms. The first-order valence-corrected chi connectivity index (χ1v) is 7.65. The molecule has 0 aromatic carbocycles. The van der Waals surface area contributed by atoms with Gasteiger partial charge in [0, 0.05) is 29.2 Å². The van der Waals surface area contributed by atoms with Crippen molar-refractivity contribution in [2.24, 2.45) is 0 Å². The number of nitrogens with zero attached hydrogens (tertiary/aromatic N) is 3. The number of nitrogens with one attached hydrogen (secondary N) is 1. The van der Waals surface area contributed by atoms with E-state index in [0.717, 1.165) is 40.6 Å². The van der Waals surface area contributed by atoms with Crippen LogP contribution in [0.4, 0.5) is 0 Å². The summed E-state index contributed by atoms with van der Waals surface area (Å²) < 4.78 is 0. The standard InChI is InChI=1S/C17H26N4/c1-6-16-13(3)19-20-14(4)17(16)11-12(2)21(5)15-7-9-18-10-8-15/h6,11,15,18H,2,7-10H2,1,3-5H3/b16-6-,17-11-. The van der Waals surface area contributed by atoms with E-state index in [-0.39, 0.29) is 0 Å². The molecule has 0 amide bonds. The fourth-order valence-corrected chi connectivity index (χ4v) is 2.89. The summed E-state index contributed by atoms with van der Waals surface area (Å²) in [6, 6.07) is 0.570. The van der Waals surface area contributed by atoms with Crippen LogP contribution in [-0.4, -0.2) is 41.3 Å². The van der Waals surface area contributed by atoms with Crippen molar-refractivity contribution in [3.8, 4) is 0 Å². The molecule has 1 aliphatic rings. The number of hydrogen-bond donors (Lipinski definition) is 1. The summed E-state index contributed by atoms with van der Waals surface area (Å²) in [7, 11) is 2.14. The van der Waals surface area contributed by atoms with E-state index in [1.165, 1.54) is 12.8 Å². The third-order valence-corrected chi connectivity index (χ3v) is 4.33. The molecule has 0 saturated carbocycles. The number of aryl methyl sites for hydroxylation is 2. The topological polar surface area (TPSA) is 41.1 Å². The lowest BCUT2D eigenvalue weighted by atomic mass is 10.0. The predicted octanol–water partition coefficient (Wildman–Crippen LogP) is 0.872. The van der Waals surface area contributed by atoms with Crippen LogP contribution >= 0.6 is 0 Å². The van der Waals surface area contributed by atoms with Crippen LogP contribution in [0.2, 0.25) is 0 Å². The third-order valence-electron chi connectivity index (χ3n) is 4.33. The van der Waals surface area contributed by atoms with Gasteiger partial charge in [0.05, 0.1) is 11.4 Å². The highest BCUT2D eigenvalue weighted by Crippen LogP contribution is 2.14. The first-order chi connectivity index (χ1) is 10.0. The predicted molar refractivity (Wildman–Crippen MR) is 88.2 cm³/mol. The Labute approximate surface area is 127 Å². The summed E-state index contributed by atoms with van der Waals surface area (Å²) >= 11 is 0. The van der Waals surface area contributed by atoms with Gasteiger partial charge < -0.3 is 10.2 Å². The first kappa shape index (κ1) is 15.7. The van der Waals surface area contributed by atoms with Crippen LogP contribution in [-0.2, 0) is 0 Å². The second-order valence-electron chi connectivity index (χ2n) is 5.71. The molecule has 0 bridgehead atoms. The van der Waals surface area contributed by atoms with Crippen molar-refractivity contribution in [3.63, 3.8) is 0 Å². The van der Waals surface area contributed by atoms with Gasteiger partial charge in [0.2, 0.25) is 0 Å². The molecular weight excluding hydrogens is 260 g/mol. The Morgan fingerprint density at radius 1 is 1.19 bits per heavy atom. The molecule has 114 valence electrons. The minimum absolute atomic E-state index is 0.570. The van der Waals surface area contributed by atoms with Gasteiger partial charge in [-0.1, -0.05) is 12.7 Å². The maximum atomic E-state index is 4.26. The second kappa shape index (κ2) is 6.85. The number of piperidine rings is 1. The van der Waals surface area contributed by atoms with Crippen molar-refractivity contribution in [1.82, 2.24) is 20.4 Å². The molecule has 2 rings (SSSR count). The molecule has 1 aromatic rings. The van der Waals surface area contributed by atoms with Crippen LogP contribution in [0.3, 0.4) is 0 Å². The fourth-order valence-electron chi connectivity index (χ4n) is 2.89. The Bertz CT molecular complexity index is 627. The molecule has 0 atom stereocenters. The van der Waals surface area contributed by atoms with Gasteiger partial charge in [-0.05, 0) is 52.8 Å². The summed E-state index contributed by atoms with van der Waals surface area (Å²) in [5.74, 6) is 0. The van der Waals surface area contributed by atoms with Gasteiger partial charge >= 0.3 is 0 Å². The minimum atomic E-state index is 0.570. The van der Waals surface area contributed by atoms with Crippen molar-refractivity contribution >= 4 is 12.2 Å². The Balaban J connectivity index is 2.35. The zero-order valence-corrected chi connectivity index (χ0v) is 13.6. The van der Waals surface area contributed by atoms with Crippen LogP contribution in [0.25, 0.3) is 12.2 Å². The lowest BCUT2D eigenvalue weighted by molar-refractivity contribution is 0.254. The number of aromatic nitrogens is 2. The zero-order chi connectivity index (χ0) is 15.4. The summed E-state index contributed by atoms with van der Waals surface area (Å²) in [4.78, 5) is 2.30. The van der Waals surface area contributed by atoms with Crippen molar-refractivity contribution in [3.05, 3.63) is 34.1 Å². The molecule has 21 heavy (non-hydrogen) atoms. The number of rotatable bonds is 3. The molecule has 0 unspecified atom stereocenters. The van der Waals surface area contributed by atoms with Gasteiger partial charge in [0.25, 0.3) is 0 Å². The third kappa shape index (κ3) is 3.50. The summed E-state index contributed by atoms with van der Waals surface area (Å²) in [5, 5.41) is 14.1. The number of allylic oxidation sites excluding steroid dienone is 1. The van der Waals surface area contributed by atoms with Crippen LogP contribution in [0.1, 0.15) is 31.2 Å². The molecule has 1 saturated heterocycles. The van der Waals surface area contributed by atoms with E-state index in [1.54, 1.807) is 0 Å². The van der Waals surface area contributed by atoms with Crippen molar-refractivity contribution in [2.45, 2.75) is 39.7 Å². The lowest BCUT2D eigenvalue weighted by Gasteiger charge is -2.33. The Kier molecular flexibility index (Phi) is 5.12. The summed E-state index contributed by atoms with van der Waals surface area (Å²) in [5.41, 5.74) is 2.96. The first-order valence-electron chi connectivity index (χ1n) is 7.65. The monoisotopic (exact) mass is 286 g/mol. The van der Waals surface area contributed by atoms with Crippen LogP contribution in [0.5, 0.6) is 0 Å². The van der Waals surface area contributed by atoms with E-state index in [2.05, 4.69) is 46.2 Å². The van der Waals surface area contributed by atoms with E-state index in [0.29, 0.717) is 6.04 Å². The van der Waals surface area contributed by atoms with Crippen LogP contribution in [0, 0.1) is 13.8 Å². The minimum Gasteiger partial charge on any atom is -0.372 e. The van der Waals surface area contributed by atoms with Crippen molar-refractivity contribution in [2.75, 3.05) is 20.1 Å². The Morgan fingerprint density at radius 2 is 1.76 bits per heavy atom. The van der Waals surface area contributed by atoms with Crippen molar-refractivity contribution < 1.29 is 0 Å². The second-order valence-corrected chi connectivity index (χ2v) is 5.71. The Morgan fingerprint density at radius 3 is 2.33 bits per heavy atom. The average Bonchev–Trinajstić information content (AvgIpc) is 2.51. The smallest absolute Gasteiger partial charge is 0.0679 e. The molecule has 0 spiro atoms. The highest BCUT2D eigenvalue weighted by Gasteiger charge is 2.17. The van der Waals surface area contributed by atoms with E-state index in [9.17, 15) is 0 Å². The number of hydrogen-bond acceptors (Lipinski definition) is 4. The molecule has 1 aliphatic heterocycles. The maximum Gasteiger partial charge on any atom is 0.0679 e. The van der Waals surface area contributed by atoms with E-state index in [1.807, 2.05) is 20.8 Å². The SMILES string of the molecule is C=C(/C=c1/c(C)nnc(C)/c1=C/C)N(C)C1CCNCC1. The summed E-state index contributed by atoms with van der Waals surface area (Å²) in [6.07, 6.45) is 6.58. The Hall–Kier alpha value is -1.68. The van der Waals surface area contributed by atoms with Gasteiger partial charge in [-0.25, -0.2) is 0 Å². The average molecular weight is 286 g/mol. The normalized spacial score (nSPS) is 18.1. The lowest BCUT2D eigenvalue weighted by Crippen LogP contribution is -2.41. The zero-order valence-electron chi connectivity index (χ0n) is 13.6. The molecule has 0 radical (unpaired) electrons. The fraction of sp³-hybridized carbons (Fsp3) is 0.529. The van der Waals surface area contributed by atoms with Gasteiger partial charge in [-0.3, -0.25) is 0 Å². The van der Waals surface area contributed by atoms with Crippen LogP contribution < -0.4 is 15.8 Å². The molecule has 1 N–H and O–H groups in total. The summed E-state index contributed by atoms with van der Waals surface area (Å²) in [6.45, 7) is 12.5. The van der Waals surface area contributed by atoms with Crippen molar-refractivity contribution in [1.29, 1.82) is 0 Å². The highest BCUT2D eigenvalue weighted by molar-refractivity contribution is 5.46. The quantitative estimate of drug-likeness (QED) is 0.895. The molecule has 2 heterocycles. The van der Waals surface area contributed by atoms with E-state index < -0.39 is 0 Å². The van der Waals surface area contributed by atoms with Gasteiger partial charge in [0.1, 0.15) is 0 Å². The van der Waals surface area contributed by atoms with Gasteiger partial charge in [-0.2, -0.15) is 10.2 Å². The van der Waals surface area contributed by atoms with E-state index in [4.69, 9.17) is 0 Å². The highest BCUT2D eigenvalue weighted by atomic mass is 15.1. The van der Waals surface area contributed by atoms with Gasteiger partial charge in [0.15, 0.2) is 0 Å². The molecule has 1 fully saturated rings. The molecule has 1 aromatic heterocycles. The maximum absolute atomic E-state index is 4.26. The van der Waals surface area contributed by atoms with Crippen LogP contribution in [0.15, 0.2) is 12.3 Å². The largest absolute Gasteiger partial charge is 0.372 e. The van der Waals surface area contributed by atoms with E-state index >= 15 is 0 Å². The molecular formula is C17H26N4. The molecule has 4 nitrogen and oxygen atoms in total. The molecule has 0 aliphatic carbocycles.